The van der Waals surface area contributed by atoms with Gasteiger partial charge in [-0.25, -0.2) is 4.68 Å². The van der Waals surface area contributed by atoms with E-state index in [0.29, 0.717) is 17.3 Å². The van der Waals surface area contributed by atoms with Crippen molar-refractivity contribution in [1.29, 1.82) is 0 Å². The molecule has 0 saturated heterocycles. The lowest BCUT2D eigenvalue weighted by Crippen LogP contribution is -2.23. The van der Waals surface area contributed by atoms with Crippen LogP contribution in [0.3, 0.4) is 0 Å². The Morgan fingerprint density at radius 3 is 2.88 bits per heavy atom. The average molecular weight is 348 g/mol. The zero-order valence-corrected chi connectivity index (χ0v) is 14.0. The summed E-state index contributed by atoms with van der Waals surface area (Å²) in [5.41, 5.74) is 2.19. The molecule has 0 aliphatic heterocycles. The van der Waals surface area contributed by atoms with Gasteiger partial charge < -0.3 is 14.4 Å². The van der Waals surface area contributed by atoms with Gasteiger partial charge in [-0.2, -0.15) is 10.1 Å². The van der Waals surface area contributed by atoms with Gasteiger partial charge in [0.25, 0.3) is 5.91 Å². The maximum Gasteiger partial charge on any atom is 0.251 e. The summed E-state index contributed by atoms with van der Waals surface area (Å²) < 4.78 is 8.80. The molecule has 1 aromatic carbocycles. The fourth-order valence-electron chi connectivity index (χ4n) is 2.59. The molecule has 130 valence electrons. The summed E-state index contributed by atoms with van der Waals surface area (Å²) in [5, 5.41) is 10.9. The molecule has 1 amide bonds. The van der Waals surface area contributed by atoms with Crippen molar-refractivity contribution in [3.63, 3.8) is 0 Å². The summed E-state index contributed by atoms with van der Waals surface area (Å²) in [6.07, 6.45) is 5.41. The molecule has 0 saturated carbocycles. The van der Waals surface area contributed by atoms with E-state index < -0.39 is 0 Å². The molecule has 8 nitrogen and oxygen atoms in total. The third-order valence-corrected chi connectivity index (χ3v) is 3.92. The maximum absolute atomic E-state index is 12.4. The second kappa shape index (κ2) is 6.67. The molecule has 1 N–H and O–H groups in total. The number of aromatic nitrogens is 5. The molecule has 0 bridgehead atoms. The van der Waals surface area contributed by atoms with Crippen molar-refractivity contribution in [2.24, 2.45) is 7.05 Å². The van der Waals surface area contributed by atoms with E-state index in [4.69, 9.17) is 4.52 Å². The number of hydrogen-bond acceptors (Lipinski definition) is 5. The molecular weight excluding hydrogens is 332 g/mol. The number of benzene rings is 1. The van der Waals surface area contributed by atoms with E-state index in [9.17, 15) is 4.79 Å². The Kier molecular flexibility index (Phi) is 4.06. The molecule has 26 heavy (non-hydrogen) atoms. The number of rotatable bonds is 5. The highest BCUT2D eigenvalue weighted by Crippen LogP contribution is 2.15. The zero-order chi connectivity index (χ0) is 17.9. The highest BCUT2D eigenvalue weighted by Gasteiger charge is 2.13. The van der Waals surface area contributed by atoms with Gasteiger partial charge in [0.05, 0.1) is 17.9 Å². The van der Waals surface area contributed by atoms with Gasteiger partial charge in [0.2, 0.25) is 11.7 Å². The lowest BCUT2D eigenvalue weighted by atomic mass is 10.2. The van der Waals surface area contributed by atoms with Crippen molar-refractivity contribution >= 4 is 5.91 Å². The largest absolute Gasteiger partial charge is 0.348 e. The lowest BCUT2D eigenvalue weighted by molar-refractivity contribution is 0.0946. The molecule has 3 heterocycles. The van der Waals surface area contributed by atoms with Crippen LogP contribution in [0.5, 0.6) is 0 Å². The maximum atomic E-state index is 12.4. The minimum absolute atomic E-state index is 0.155. The van der Waals surface area contributed by atoms with Gasteiger partial charge in [-0.05, 0) is 36.4 Å². The van der Waals surface area contributed by atoms with Crippen LogP contribution in [0.4, 0.5) is 0 Å². The van der Waals surface area contributed by atoms with Gasteiger partial charge in [0, 0.05) is 31.2 Å². The number of nitrogens with zero attached hydrogens (tertiary/aromatic N) is 5. The van der Waals surface area contributed by atoms with E-state index >= 15 is 0 Å². The molecule has 0 aliphatic rings. The Morgan fingerprint density at radius 2 is 2.12 bits per heavy atom. The van der Waals surface area contributed by atoms with E-state index in [2.05, 4.69) is 20.6 Å². The number of aryl methyl sites for hydroxylation is 1. The third kappa shape index (κ3) is 3.12. The molecule has 4 aromatic rings. The molecule has 0 unspecified atom stereocenters. The Bertz CT molecular complexity index is 1030. The molecule has 8 heteroatoms. The van der Waals surface area contributed by atoms with Gasteiger partial charge in [-0.1, -0.05) is 11.2 Å². The highest BCUT2D eigenvalue weighted by molar-refractivity contribution is 5.94. The van der Waals surface area contributed by atoms with Gasteiger partial charge >= 0.3 is 0 Å². The van der Waals surface area contributed by atoms with Crippen LogP contribution in [0.15, 0.2) is 65.6 Å². The normalized spacial score (nSPS) is 10.8. The highest BCUT2D eigenvalue weighted by atomic mass is 16.5. The van der Waals surface area contributed by atoms with Crippen LogP contribution in [0.2, 0.25) is 0 Å². The number of hydrogen-bond donors (Lipinski definition) is 1. The van der Waals surface area contributed by atoms with Crippen LogP contribution >= 0.6 is 0 Å². The predicted molar refractivity (Wildman–Crippen MR) is 93.4 cm³/mol. The Labute approximate surface area is 149 Å². The Morgan fingerprint density at radius 1 is 1.19 bits per heavy atom. The van der Waals surface area contributed by atoms with Crippen molar-refractivity contribution in [2.45, 2.75) is 6.54 Å². The first kappa shape index (κ1) is 15.8. The summed E-state index contributed by atoms with van der Waals surface area (Å²) >= 11 is 0. The number of carbonyl (C=O) groups is 1. The fourth-order valence-corrected chi connectivity index (χ4v) is 2.59. The standard InChI is InChI=1S/C18H16N6O2/c1-23-9-3-7-15(23)17-21-16(26-22-17)12-19-18(25)13-5-2-6-14(11-13)24-10-4-8-20-24/h2-11H,12H2,1H3,(H,19,25). The van der Waals surface area contributed by atoms with Crippen LogP contribution in [0.1, 0.15) is 16.2 Å². The van der Waals surface area contributed by atoms with Crippen LogP contribution in [-0.4, -0.2) is 30.4 Å². The fraction of sp³-hybridized carbons (Fsp3) is 0.111. The predicted octanol–water partition coefficient (Wildman–Crippen LogP) is 2.19. The van der Waals surface area contributed by atoms with Crippen LogP contribution in [-0.2, 0) is 13.6 Å². The van der Waals surface area contributed by atoms with Crippen LogP contribution in [0.25, 0.3) is 17.2 Å². The van der Waals surface area contributed by atoms with Gasteiger partial charge in [0.1, 0.15) is 0 Å². The summed E-state index contributed by atoms with van der Waals surface area (Å²) in [6.45, 7) is 0.155. The minimum Gasteiger partial charge on any atom is -0.348 e. The van der Waals surface area contributed by atoms with Crippen molar-refractivity contribution in [3.8, 4) is 17.2 Å². The molecule has 0 atom stereocenters. The summed E-state index contributed by atoms with van der Waals surface area (Å²) in [6, 6.07) is 12.8. The van der Waals surface area contributed by atoms with Gasteiger partial charge in [-0.3, -0.25) is 4.79 Å². The van der Waals surface area contributed by atoms with Crippen molar-refractivity contribution in [1.82, 2.24) is 29.8 Å². The van der Waals surface area contributed by atoms with Crippen LogP contribution < -0.4 is 5.32 Å². The minimum atomic E-state index is -0.224. The van der Waals surface area contributed by atoms with Crippen molar-refractivity contribution < 1.29 is 9.32 Å². The molecule has 4 rings (SSSR count). The molecular formula is C18H16N6O2. The molecule has 0 aliphatic carbocycles. The lowest BCUT2D eigenvalue weighted by Gasteiger charge is -2.05. The van der Waals surface area contributed by atoms with Gasteiger partial charge in [0.15, 0.2) is 0 Å². The monoisotopic (exact) mass is 348 g/mol. The van der Waals surface area contributed by atoms with Crippen LogP contribution in [0, 0.1) is 0 Å². The van der Waals surface area contributed by atoms with Crippen molar-refractivity contribution in [2.75, 3.05) is 0 Å². The van der Waals surface area contributed by atoms with E-state index in [-0.39, 0.29) is 12.5 Å². The molecule has 0 spiro atoms. The van der Waals surface area contributed by atoms with Gasteiger partial charge in [-0.15, -0.1) is 0 Å². The summed E-state index contributed by atoms with van der Waals surface area (Å²) in [4.78, 5) is 16.7. The second-order valence-electron chi connectivity index (χ2n) is 5.70. The average Bonchev–Trinajstić information content (AvgIpc) is 3.41. The smallest absolute Gasteiger partial charge is 0.251 e. The second-order valence-corrected chi connectivity index (χ2v) is 5.70. The first-order chi connectivity index (χ1) is 12.7. The van der Waals surface area contributed by atoms with E-state index in [1.807, 2.05) is 54.3 Å². The molecule has 3 aromatic heterocycles. The molecule has 0 fully saturated rings. The van der Waals surface area contributed by atoms with E-state index in [1.165, 1.54) is 0 Å². The number of amides is 1. The first-order valence-electron chi connectivity index (χ1n) is 8.03. The van der Waals surface area contributed by atoms with E-state index in [0.717, 1.165) is 11.4 Å². The van der Waals surface area contributed by atoms with Crippen molar-refractivity contribution in [3.05, 3.63) is 72.5 Å². The summed E-state index contributed by atoms with van der Waals surface area (Å²) in [7, 11) is 1.90. The van der Waals surface area contributed by atoms with E-state index in [1.54, 1.807) is 23.0 Å². The number of carbonyl (C=O) groups excluding carboxylic acids is 1. The first-order valence-corrected chi connectivity index (χ1v) is 8.03. The topological polar surface area (TPSA) is 90.8 Å². The third-order valence-electron chi connectivity index (χ3n) is 3.92. The zero-order valence-electron chi connectivity index (χ0n) is 14.0. The Hall–Kier alpha value is -3.68. The molecule has 0 radical (unpaired) electrons. The SMILES string of the molecule is Cn1cccc1-c1noc(CNC(=O)c2cccc(-n3cccn3)c2)n1. The number of nitrogens with one attached hydrogen (secondary N) is 1. The summed E-state index contributed by atoms with van der Waals surface area (Å²) in [5.74, 6) is 0.609. The quantitative estimate of drug-likeness (QED) is 0.597. The Balaban J connectivity index is 1.44.